The molecule has 0 aliphatic heterocycles. The number of benzene rings is 5. The highest BCUT2D eigenvalue weighted by Crippen LogP contribution is 2.43. The van der Waals surface area contributed by atoms with Gasteiger partial charge in [0.2, 0.25) is 0 Å². The number of hydrogen-bond donors (Lipinski definition) is 0. The Hall–Kier alpha value is -3.64. The van der Waals surface area contributed by atoms with Gasteiger partial charge in [-0.05, 0) is 61.7 Å². The fourth-order valence-electron chi connectivity index (χ4n) is 4.42. The lowest BCUT2D eigenvalue weighted by atomic mass is 9.85. The predicted octanol–water partition coefficient (Wildman–Crippen LogP) is 8.96. The van der Waals surface area contributed by atoms with Gasteiger partial charge >= 0.3 is 0 Å². The van der Waals surface area contributed by atoms with Crippen LogP contribution in [0, 0.1) is 0 Å². The van der Waals surface area contributed by atoms with Gasteiger partial charge < -0.3 is 0 Å². The van der Waals surface area contributed by atoms with Crippen molar-refractivity contribution in [3.05, 3.63) is 121 Å². The second-order valence-corrected chi connectivity index (χ2v) is 8.40. The summed E-state index contributed by atoms with van der Waals surface area (Å²) in [6.45, 7) is 4.49. The van der Waals surface area contributed by atoms with Gasteiger partial charge in [-0.15, -0.1) is 0 Å². The Kier molecular flexibility index (Phi) is 5.14. The van der Waals surface area contributed by atoms with Crippen LogP contribution in [0.15, 0.2) is 115 Å². The van der Waals surface area contributed by atoms with Gasteiger partial charge in [0.1, 0.15) is 0 Å². The van der Waals surface area contributed by atoms with E-state index in [1.807, 2.05) is 0 Å². The zero-order chi connectivity index (χ0) is 21.2. The van der Waals surface area contributed by atoms with Gasteiger partial charge in [-0.25, -0.2) is 0 Å². The zero-order valence-electron chi connectivity index (χ0n) is 18.0. The van der Waals surface area contributed by atoms with Crippen molar-refractivity contribution in [2.45, 2.75) is 19.8 Å². The molecule has 0 spiro atoms. The summed E-state index contributed by atoms with van der Waals surface area (Å²) >= 11 is 0. The third kappa shape index (κ3) is 3.66. The fraction of sp³-hybridized carbons (Fsp3) is 0.0968. The van der Waals surface area contributed by atoms with Crippen molar-refractivity contribution in [2.24, 2.45) is 0 Å². The molecule has 0 saturated carbocycles. The normalized spacial score (nSPS) is 11.2. The van der Waals surface area contributed by atoms with Crippen LogP contribution < -0.4 is 0 Å². The molecule has 150 valence electrons. The molecule has 0 bridgehead atoms. The van der Waals surface area contributed by atoms with Crippen LogP contribution in [0.2, 0.25) is 0 Å². The minimum atomic E-state index is 0.527. The first-order valence-electron chi connectivity index (χ1n) is 11.0. The van der Waals surface area contributed by atoms with Gasteiger partial charge in [-0.3, -0.25) is 0 Å². The van der Waals surface area contributed by atoms with Crippen molar-refractivity contribution in [3.8, 4) is 33.4 Å². The summed E-state index contributed by atoms with van der Waals surface area (Å²) < 4.78 is 0. The molecule has 0 N–H and O–H groups in total. The van der Waals surface area contributed by atoms with Gasteiger partial charge in [0, 0.05) is 0 Å². The van der Waals surface area contributed by atoms with Gasteiger partial charge in [-0.2, -0.15) is 0 Å². The van der Waals surface area contributed by atoms with Gasteiger partial charge in [0.25, 0.3) is 0 Å². The fourth-order valence-corrected chi connectivity index (χ4v) is 4.42. The summed E-state index contributed by atoms with van der Waals surface area (Å²) in [5, 5.41) is 2.58. The predicted molar refractivity (Wildman–Crippen MR) is 134 cm³/mol. The summed E-state index contributed by atoms with van der Waals surface area (Å²) in [5.41, 5.74) is 8.98. The first kappa shape index (κ1) is 19.3. The van der Waals surface area contributed by atoms with E-state index < -0.39 is 0 Å². The van der Waals surface area contributed by atoms with Crippen LogP contribution in [0.25, 0.3) is 44.2 Å². The van der Waals surface area contributed by atoms with E-state index in [9.17, 15) is 0 Å². The van der Waals surface area contributed by atoms with Gasteiger partial charge in [0.05, 0.1) is 0 Å². The first-order valence-corrected chi connectivity index (χ1v) is 11.0. The summed E-state index contributed by atoms with van der Waals surface area (Å²) in [6.07, 6.45) is 0. The second kappa shape index (κ2) is 8.24. The highest BCUT2D eigenvalue weighted by Gasteiger charge is 2.16. The highest BCUT2D eigenvalue weighted by atomic mass is 14.2. The molecule has 5 rings (SSSR count). The molecule has 0 amide bonds. The summed E-state index contributed by atoms with van der Waals surface area (Å²) in [7, 11) is 0. The molecule has 0 aromatic heterocycles. The van der Waals surface area contributed by atoms with E-state index in [4.69, 9.17) is 0 Å². The molecule has 0 radical (unpaired) electrons. The standard InChI is InChI=1S/C31H26/c1-22(2)23-17-19-25(20-18-23)30-21-29(24-11-5-3-6-12-24)27-15-9-10-16-28(27)31(30)26-13-7-4-8-14-26/h3-22H,1-2H3. The van der Waals surface area contributed by atoms with E-state index in [0.29, 0.717) is 5.92 Å². The van der Waals surface area contributed by atoms with Crippen molar-refractivity contribution in [2.75, 3.05) is 0 Å². The van der Waals surface area contributed by atoms with Crippen molar-refractivity contribution >= 4 is 10.8 Å². The van der Waals surface area contributed by atoms with Crippen LogP contribution in [0.4, 0.5) is 0 Å². The third-order valence-electron chi connectivity index (χ3n) is 6.08. The lowest BCUT2D eigenvalue weighted by Crippen LogP contribution is -1.92. The molecular formula is C31H26. The van der Waals surface area contributed by atoms with Crippen LogP contribution in [-0.2, 0) is 0 Å². The molecule has 0 aliphatic rings. The summed E-state index contributed by atoms with van der Waals surface area (Å²) in [6, 6.07) is 41.8. The molecule has 31 heavy (non-hydrogen) atoms. The molecule has 0 fully saturated rings. The highest BCUT2D eigenvalue weighted by molar-refractivity contribution is 6.10. The van der Waals surface area contributed by atoms with Crippen LogP contribution in [-0.4, -0.2) is 0 Å². The number of hydrogen-bond acceptors (Lipinski definition) is 0. The Bertz CT molecular complexity index is 1310. The van der Waals surface area contributed by atoms with E-state index in [1.165, 1.54) is 49.7 Å². The molecule has 5 aromatic rings. The summed E-state index contributed by atoms with van der Waals surface area (Å²) in [5.74, 6) is 0.527. The Labute approximate surface area is 184 Å². The zero-order valence-corrected chi connectivity index (χ0v) is 18.0. The topological polar surface area (TPSA) is 0 Å². The van der Waals surface area contributed by atoms with Crippen LogP contribution in [0.3, 0.4) is 0 Å². The van der Waals surface area contributed by atoms with E-state index >= 15 is 0 Å². The molecular weight excluding hydrogens is 372 g/mol. The molecule has 0 atom stereocenters. The van der Waals surface area contributed by atoms with Crippen LogP contribution >= 0.6 is 0 Å². The lowest BCUT2D eigenvalue weighted by molar-refractivity contribution is 0.867. The van der Waals surface area contributed by atoms with Crippen LogP contribution in [0.1, 0.15) is 25.3 Å². The average Bonchev–Trinajstić information content (AvgIpc) is 2.84. The maximum atomic E-state index is 2.38. The SMILES string of the molecule is CC(C)c1ccc(-c2cc(-c3ccccc3)c3ccccc3c2-c2ccccc2)cc1. The average molecular weight is 399 g/mol. The van der Waals surface area contributed by atoms with Gasteiger partial charge in [0.15, 0.2) is 0 Å². The Morgan fingerprint density at radius 3 is 1.58 bits per heavy atom. The van der Waals surface area contributed by atoms with E-state index in [0.717, 1.165) is 0 Å². The largest absolute Gasteiger partial charge is 0.0622 e. The Balaban J connectivity index is 1.86. The maximum absolute atomic E-state index is 2.38. The van der Waals surface area contributed by atoms with E-state index in [1.54, 1.807) is 0 Å². The van der Waals surface area contributed by atoms with Gasteiger partial charge in [-0.1, -0.05) is 123 Å². The molecule has 0 unspecified atom stereocenters. The summed E-state index contributed by atoms with van der Waals surface area (Å²) in [4.78, 5) is 0. The second-order valence-electron chi connectivity index (χ2n) is 8.40. The minimum Gasteiger partial charge on any atom is -0.0622 e. The molecule has 5 aromatic carbocycles. The third-order valence-corrected chi connectivity index (χ3v) is 6.08. The van der Waals surface area contributed by atoms with E-state index in [-0.39, 0.29) is 0 Å². The molecule has 0 heterocycles. The van der Waals surface area contributed by atoms with E-state index in [2.05, 4.69) is 129 Å². The minimum absolute atomic E-state index is 0.527. The van der Waals surface area contributed by atoms with Crippen molar-refractivity contribution in [1.82, 2.24) is 0 Å². The first-order chi connectivity index (χ1) is 15.2. The molecule has 0 saturated heterocycles. The molecule has 0 nitrogen and oxygen atoms in total. The van der Waals surface area contributed by atoms with Crippen molar-refractivity contribution in [1.29, 1.82) is 0 Å². The van der Waals surface area contributed by atoms with Crippen molar-refractivity contribution in [3.63, 3.8) is 0 Å². The number of rotatable bonds is 4. The molecule has 0 heteroatoms. The lowest BCUT2D eigenvalue weighted by Gasteiger charge is -2.18. The Morgan fingerprint density at radius 1 is 0.452 bits per heavy atom. The molecule has 0 aliphatic carbocycles. The quantitative estimate of drug-likeness (QED) is 0.283. The maximum Gasteiger partial charge on any atom is -0.00264 e. The van der Waals surface area contributed by atoms with Crippen LogP contribution in [0.5, 0.6) is 0 Å². The number of fused-ring (bicyclic) bond motifs is 1. The Morgan fingerprint density at radius 2 is 0.968 bits per heavy atom. The monoisotopic (exact) mass is 398 g/mol. The smallest absolute Gasteiger partial charge is 0.00264 e. The van der Waals surface area contributed by atoms with Crippen molar-refractivity contribution < 1.29 is 0 Å².